The maximum absolute atomic E-state index is 14.9. The molecule has 200 valence electrons. The number of halogens is 1. The molecule has 0 saturated carbocycles. The van der Waals surface area contributed by atoms with Gasteiger partial charge in [-0.3, -0.25) is 14.8 Å². The molecule has 0 bridgehead atoms. The quantitative estimate of drug-likeness (QED) is 0.207. The lowest BCUT2D eigenvalue weighted by Crippen LogP contribution is -2.20. The average molecular weight is 539 g/mol. The maximum atomic E-state index is 14.9. The van der Waals surface area contributed by atoms with Gasteiger partial charge in [-0.15, -0.1) is 0 Å². The monoisotopic (exact) mass is 538 g/mol. The van der Waals surface area contributed by atoms with Crippen molar-refractivity contribution in [2.24, 2.45) is 0 Å². The molecule has 3 N–H and O–H groups in total. The van der Waals surface area contributed by atoms with Crippen molar-refractivity contribution in [1.29, 1.82) is 0 Å². The van der Waals surface area contributed by atoms with Gasteiger partial charge >= 0.3 is 6.03 Å². The normalized spacial score (nSPS) is 11.2. The number of carbonyl (C=O) groups is 1. The second-order valence-electron chi connectivity index (χ2n) is 9.19. The van der Waals surface area contributed by atoms with Crippen molar-refractivity contribution in [2.75, 3.05) is 10.6 Å². The van der Waals surface area contributed by atoms with Crippen molar-refractivity contribution >= 4 is 28.5 Å². The van der Waals surface area contributed by atoms with Crippen LogP contribution in [0, 0.1) is 5.82 Å². The number of aromatic nitrogens is 6. The molecule has 2 amide bonds. The molecule has 0 radical (unpaired) electrons. The molecule has 0 fully saturated rings. The van der Waals surface area contributed by atoms with Crippen LogP contribution < -0.4 is 15.4 Å². The van der Waals surface area contributed by atoms with E-state index in [-0.39, 0.29) is 17.5 Å². The number of carbonyl (C=O) groups excluding carboxylic acids is 1. The van der Waals surface area contributed by atoms with Crippen LogP contribution in [-0.2, 0) is 0 Å². The molecule has 6 rings (SSSR count). The van der Waals surface area contributed by atoms with Crippen LogP contribution >= 0.6 is 0 Å². The number of rotatable bonds is 7. The minimum Gasteiger partial charge on any atom is -0.457 e. The Balaban J connectivity index is 1.18. The Morgan fingerprint density at radius 3 is 2.67 bits per heavy atom. The fourth-order valence-corrected chi connectivity index (χ4v) is 4.06. The molecule has 0 atom stereocenters. The Morgan fingerprint density at radius 2 is 1.88 bits per heavy atom. The maximum Gasteiger partial charge on any atom is 0.323 e. The topological polar surface area (TPSA) is 136 Å². The zero-order chi connectivity index (χ0) is 27.6. The predicted octanol–water partition coefficient (Wildman–Crippen LogP) is 6.63. The van der Waals surface area contributed by atoms with Gasteiger partial charge in [-0.1, -0.05) is 0 Å². The molecule has 4 aromatic heterocycles. The first-order valence-corrected chi connectivity index (χ1v) is 12.4. The summed E-state index contributed by atoms with van der Waals surface area (Å²) in [6.45, 7) is 3.95. The van der Waals surface area contributed by atoms with Crippen molar-refractivity contribution in [3.8, 4) is 34.0 Å². The van der Waals surface area contributed by atoms with E-state index >= 15 is 0 Å². The van der Waals surface area contributed by atoms with Crippen LogP contribution in [0.1, 0.15) is 19.9 Å². The van der Waals surface area contributed by atoms with Crippen molar-refractivity contribution < 1.29 is 18.3 Å². The second kappa shape index (κ2) is 10.3. The fraction of sp³-hybridized carbons (Fsp3) is 0.107. The molecule has 40 heavy (non-hydrogen) atoms. The van der Waals surface area contributed by atoms with Crippen LogP contribution in [0.25, 0.3) is 33.6 Å². The van der Waals surface area contributed by atoms with E-state index in [4.69, 9.17) is 9.15 Å². The number of aromatic amines is 1. The number of pyridine rings is 1. The van der Waals surface area contributed by atoms with Gasteiger partial charge in [0.05, 0.1) is 23.3 Å². The van der Waals surface area contributed by atoms with Crippen LogP contribution in [-0.4, -0.2) is 36.0 Å². The number of ether oxygens (including phenoxy) is 1. The van der Waals surface area contributed by atoms with Gasteiger partial charge in [-0.05, 0) is 50.2 Å². The molecule has 6 aromatic rings. The highest BCUT2D eigenvalue weighted by Gasteiger charge is 2.17. The molecule has 0 saturated heterocycles. The SMILES string of the molecule is CC(C)n1cc(NC(=O)Nc2ccc(Oc3ccnc(-c4cn[nH]c4)c3)cc2F)c(-c2ccc3ocnc3c2)n1. The fourth-order valence-electron chi connectivity index (χ4n) is 4.06. The van der Waals surface area contributed by atoms with Crippen LogP contribution in [0.5, 0.6) is 11.5 Å². The minimum absolute atomic E-state index is 0.0134. The zero-order valence-electron chi connectivity index (χ0n) is 21.4. The van der Waals surface area contributed by atoms with E-state index in [1.165, 1.54) is 18.5 Å². The molecule has 0 unspecified atom stereocenters. The number of anilines is 2. The van der Waals surface area contributed by atoms with E-state index in [0.717, 1.165) is 11.1 Å². The smallest absolute Gasteiger partial charge is 0.323 e. The zero-order valence-corrected chi connectivity index (χ0v) is 21.4. The number of hydrogen-bond acceptors (Lipinski definition) is 7. The lowest BCUT2D eigenvalue weighted by atomic mass is 10.1. The lowest BCUT2D eigenvalue weighted by molar-refractivity contribution is 0.262. The summed E-state index contributed by atoms with van der Waals surface area (Å²) in [5, 5.41) is 16.6. The van der Waals surface area contributed by atoms with E-state index in [0.29, 0.717) is 33.9 Å². The Hall–Kier alpha value is -5.52. The third-order valence-corrected chi connectivity index (χ3v) is 6.06. The Morgan fingerprint density at radius 1 is 1.02 bits per heavy atom. The van der Waals surface area contributed by atoms with Gasteiger partial charge < -0.3 is 19.8 Å². The third kappa shape index (κ3) is 5.10. The summed E-state index contributed by atoms with van der Waals surface area (Å²) in [5.41, 5.74) is 4.50. The summed E-state index contributed by atoms with van der Waals surface area (Å²) in [7, 11) is 0. The summed E-state index contributed by atoms with van der Waals surface area (Å²) in [5.74, 6) is 0.0745. The molecule has 2 aromatic carbocycles. The number of benzene rings is 2. The highest BCUT2D eigenvalue weighted by Crippen LogP contribution is 2.31. The van der Waals surface area contributed by atoms with Crippen molar-refractivity contribution in [3.63, 3.8) is 0 Å². The second-order valence-corrected chi connectivity index (χ2v) is 9.19. The number of urea groups is 1. The van der Waals surface area contributed by atoms with Crippen molar-refractivity contribution in [1.82, 2.24) is 29.9 Å². The molecule has 4 heterocycles. The lowest BCUT2D eigenvalue weighted by Gasteiger charge is -2.11. The molecule has 0 aliphatic heterocycles. The van der Waals surface area contributed by atoms with Gasteiger partial charge in [0.15, 0.2) is 12.0 Å². The number of H-pyrrole nitrogens is 1. The number of hydrogen-bond donors (Lipinski definition) is 3. The van der Waals surface area contributed by atoms with Gasteiger partial charge in [0.2, 0.25) is 0 Å². The number of amides is 2. The number of fused-ring (bicyclic) bond motifs is 1. The molecule has 0 aliphatic rings. The molecule has 11 nitrogen and oxygen atoms in total. The summed E-state index contributed by atoms with van der Waals surface area (Å²) >= 11 is 0. The van der Waals surface area contributed by atoms with Crippen LogP contribution in [0.15, 0.2) is 84.1 Å². The summed E-state index contributed by atoms with van der Waals surface area (Å²) in [6, 6.07) is 12.5. The van der Waals surface area contributed by atoms with E-state index in [1.807, 2.05) is 26.0 Å². The molecular weight excluding hydrogens is 515 g/mol. The van der Waals surface area contributed by atoms with Gasteiger partial charge in [-0.2, -0.15) is 10.2 Å². The number of nitrogens with one attached hydrogen (secondary N) is 3. The van der Waals surface area contributed by atoms with Crippen LogP contribution in [0.2, 0.25) is 0 Å². The third-order valence-electron chi connectivity index (χ3n) is 6.06. The molecule has 0 aliphatic carbocycles. The standard InChI is InChI=1S/C28H23FN8O3/c1-16(2)37-14-25(27(36-37)17-3-6-26-24(9-17)31-15-39-26)35-28(38)34-22-5-4-19(10-21(22)29)40-20-7-8-30-23(11-20)18-12-32-33-13-18/h3-16H,1-2H3,(H,32,33)(H2,34,35,38). The van der Waals surface area contributed by atoms with Gasteiger partial charge in [0, 0.05) is 47.9 Å². The first-order chi connectivity index (χ1) is 19.4. The van der Waals surface area contributed by atoms with E-state index < -0.39 is 11.8 Å². The van der Waals surface area contributed by atoms with Gasteiger partial charge in [0.25, 0.3) is 0 Å². The minimum atomic E-state index is -0.661. The number of oxazole rings is 1. The summed E-state index contributed by atoms with van der Waals surface area (Å²) in [4.78, 5) is 21.4. The van der Waals surface area contributed by atoms with Crippen molar-refractivity contribution in [3.05, 3.63) is 85.5 Å². The van der Waals surface area contributed by atoms with Crippen LogP contribution in [0.3, 0.4) is 0 Å². The first-order valence-electron chi connectivity index (χ1n) is 12.4. The Bertz CT molecular complexity index is 1810. The molecular formula is C28H23FN8O3. The van der Waals surface area contributed by atoms with E-state index in [2.05, 4.69) is 35.9 Å². The van der Waals surface area contributed by atoms with Gasteiger partial charge in [-0.25, -0.2) is 14.2 Å². The van der Waals surface area contributed by atoms with Gasteiger partial charge in [0.1, 0.15) is 28.5 Å². The Labute approximate surface area is 227 Å². The Kier molecular flexibility index (Phi) is 6.40. The highest BCUT2D eigenvalue weighted by atomic mass is 19.1. The largest absolute Gasteiger partial charge is 0.457 e. The first kappa shape index (κ1) is 24.8. The summed E-state index contributed by atoms with van der Waals surface area (Å²) < 4.78 is 27.8. The van der Waals surface area contributed by atoms with Crippen LogP contribution in [0.4, 0.5) is 20.6 Å². The predicted molar refractivity (Wildman–Crippen MR) is 147 cm³/mol. The highest BCUT2D eigenvalue weighted by molar-refractivity contribution is 6.02. The summed E-state index contributed by atoms with van der Waals surface area (Å²) in [6.07, 6.45) is 8.04. The van der Waals surface area contributed by atoms with Crippen molar-refractivity contribution in [2.45, 2.75) is 19.9 Å². The average Bonchev–Trinajstić information content (AvgIpc) is 3.71. The van der Waals surface area contributed by atoms with E-state index in [1.54, 1.807) is 53.7 Å². The van der Waals surface area contributed by atoms with E-state index in [9.17, 15) is 9.18 Å². The molecule has 12 heteroatoms. The molecule has 0 spiro atoms. The number of nitrogens with zero attached hydrogens (tertiary/aromatic N) is 5.